The van der Waals surface area contributed by atoms with Crippen molar-refractivity contribution in [1.82, 2.24) is 5.48 Å². The maximum absolute atomic E-state index is 11.6. The molecule has 0 aliphatic heterocycles. The first-order chi connectivity index (χ1) is 9.28. The molecule has 0 saturated carbocycles. The Bertz CT molecular complexity index is 454. The Morgan fingerprint density at radius 1 is 1.25 bits per heavy atom. The summed E-state index contributed by atoms with van der Waals surface area (Å²) in [7, 11) is 0. The molecule has 110 valence electrons. The van der Waals surface area contributed by atoms with Crippen LogP contribution in [0.5, 0.6) is 0 Å². The van der Waals surface area contributed by atoms with Crippen molar-refractivity contribution in [1.29, 1.82) is 0 Å². The fraction of sp³-hybridized carbons (Fsp3) is 0.429. The summed E-state index contributed by atoms with van der Waals surface area (Å²) in [6.45, 7) is 5.11. The van der Waals surface area contributed by atoms with Gasteiger partial charge in [-0.1, -0.05) is 30.3 Å². The second-order valence-electron chi connectivity index (χ2n) is 5.32. The maximum Gasteiger partial charge on any atom is 0.441 e. The molecule has 1 amide bonds. The van der Waals surface area contributed by atoms with E-state index in [2.05, 4.69) is 4.84 Å². The van der Waals surface area contributed by atoms with Gasteiger partial charge in [0.15, 0.2) is 0 Å². The third kappa shape index (κ3) is 6.19. The molecule has 0 aliphatic carbocycles. The topological polar surface area (TPSA) is 90.6 Å². The van der Waals surface area contributed by atoms with Crippen LogP contribution >= 0.6 is 0 Å². The lowest BCUT2D eigenvalue weighted by Gasteiger charge is -2.19. The SMILES string of the molecule is CC(C)(C)OC(=O)NOC(=O)[C@@H](N)Cc1ccccc1. The molecule has 1 aromatic rings. The van der Waals surface area contributed by atoms with E-state index in [4.69, 9.17) is 10.5 Å². The minimum absolute atomic E-state index is 0.329. The van der Waals surface area contributed by atoms with Crippen LogP contribution in [0.3, 0.4) is 0 Å². The van der Waals surface area contributed by atoms with Crippen LogP contribution in [0.25, 0.3) is 0 Å². The van der Waals surface area contributed by atoms with Crippen LogP contribution in [0.1, 0.15) is 26.3 Å². The highest BCUT2D eigenvalue weighted by atomic mass is 16.7. The minimum atomic E-state index is -0.854. The van der Waals surface area contributed by atoms with E-state index in [1.807, 2.05) is 35.8 Å². The number of rotatable bonds is 3. The molecule has 0 aromatic heterocycles. The number of carbonyl (C=O) groups is 2. The highest BCUT2D eigenvalue weighted by Gasteiger charge is 2.20. The van der Waals surface area contributed by atoms with Gasteiger partial charge in [0.2, 0.25) is 0 Å². The summed E-state index contributed by atoms with van der Waals surface area (Å²) in [4.78, 5) is 27.5. The highest BCUT2D eigenvalue weighted by molar-refractivity contribution is 5.77. The zero-order valence-electron chi connectivity index (χ0n) is 11.9. The van der Waals surface area contributed by atoms with Crippen LogP contribution < -0.4 is 11.2 Å². The van der Waals surface area contributed by atoms with Gasteiger partial charge in [-0.2, -0.15) is 0 Å². The minimum Gasteiger partial charge on any atom is -0.442 e. The Morgan fingerprint density at radius 3 is 2.40 bits per heavy atom. The van der Waals surface area contributed by atoms with Crippen molar-refractivity contribution in [2.75, 3.05) is 0 Å². The number of nitrogens with one attached hydrogen (secondary N) is 1. The summed E-state index contributed by atoms with van der Waals surface area (Å²) >= 11 is 0. The van der Waals surface area contributed by atoms with Gasteiger partial charge in [-0.15, -0.1) is 5.48 Å². The van der Waals surface area contributed by atoms with Gasteiger partial charge in [-0.05, 0) is 32.8 Å². The van der Waals surface area contributed by atoms with E-state index in [9.17, 15) is 9.59 Å². The van der Waals surface area contributed by atoms with Gasteiger partial charge in [0.25, 0.3) is 0 Å². The quantitative estimate of drug-likeness (QED) is 0.820. The predicted molar refractivity (Wildman–Crippen MR) is 73.6 cm³/mol. The summed E-state index contributed by atoms with van der Waals surface area (Å²) in [6.07, 6.45) is -0.506. The molecule has 0 aliphatic rings. The third-order valence-corrected chi connectivity index (χ3v) is 2.24. The molecule has 0 heterocycles. The van der Waals surface area contributed by atoms with Crippen LogP contribution in [-0.2, 0) is 20.8 Å². The second kappa shape index (κ2) is 6.91. The first-order valence-electron chi connectivity index (χ1n) is 6.27. The zero-order valence-corrected chi connectivity index (χ0v) is 11.9. The lowest BCUT2D eigenvalue weighted by atomic mass is 10.1. The van der Waals surface area contributed by atoms with Crippen molar-refractivity contribution in [3.63, 3.8) is 0 Å². The molecule has 0 saturated heterocycles. The average molecular weight is 280 g/mol. The lowest BCUT2D eigenvalue weighted by molar-refractivity contribution is -0.152. The molecule has 0 unspecified atom stereocenters. The third-order valence-electron chi connectivity index (χ3n) is 2.24. The zero-order chi connectivity index (χ0) is 15.2. The first kappa shape index (κ1) is 16.0. The average Bonchev–Trinajstić information content (AvgIpc) is 2.35. The smallest absolute Gasteiger partial charge is 0.441 e. The van der Waals surface area contributed by atoms with Crippen molar-refractivity contribution >= 4 is 12.1 Å². The van der Waals surface area contributed by atoms with Crippen LogP contribution in [0, 0.1) is 0 Å². The summed E-state index contributed by atoms with van der Waals surface area (Å²) in [5.41, 5.74) is 7.86. The molecule has 20 heavy (non-hydrogen) atoms. The number of nitrogens with two attached hydrogens (primary N) is 1. The summed E-state index contributed by atoms with van der Waals surface area (Å²) in [5.74, 6) is -0.722. The Hall–Kier alpha value is -2.08. The Balaban J connectivity index is 2.37. The van der Waals surface area contributed by atoms with Crippen LogP contribution in [0.15, 0.2) is 30.3 Å². The molecule has 0 radical (unpaired) electrons. The second-order valence-corrected chi connectivity index (χ2v) is 5.32. The molecule has 6 nitrogen and oxygen atoms in total. The molecule has 0 fully saturated rings. The van der Waals surface area contributed by atoms with E-state index in [1.165, 1.54) is 0 Å². The predicted octanol–water partition coefficient (Wildman–Crippen LogP) is 1.54. The van der Waals surface area contributed by atoms with Gasteiger partial charge in [0.05, 0.1) is 0 Å². The van der Waals surface area contributed by atoms with Crippen molar-refractivity contribution < 1.29 is 19.2 Å². The molecule has 1 aromatic carbocycles. The van der Waals surface area contributed by atoms with E-state index >= 15 is 0 Å². The lowest BCUT2D eigenvalue weighted by Crippen LogP contribution is -2.40. The van der Waals surface area contributed by atoms with Crippen molar-refractivity contribution in [2.45, 2.75) is 38.8 Å². The van der Waals surface area contributed by atoms with Crippen LogP contribution in [-0.4, -0.2) is 23.7 Å². The standard InChI is InChI=1S/C14H20N2O4/c1-14(2,3)19-13(18)16-20-12(17)11(15)9-10-7-5-4-6-8-10/h4-8,11H,9,15H2,1-3H3,(H,16,18)/t11-/m0/s1. The number of amides is 1. The number of hydrogen-bond donors (Lipinski definition) is 2. The Labute approximate surface area is 118 Å². The molecule has 0 bridgehead atoms. The molecule has 6 heteroatoms. The van der Waals surface area contributed by atoms with E-state index < -0.39 is 23.7 Å². The summed E-state index contributed by atoms with van der Waals surface area (Å²) in [5, 5.41) is 0. The van der Waals surface area contributed by atoms with Gasteiger partial charge in [0, 0.05) is 0 Å². The van der Waals surface area contributed by atoms with E-state index in [0.29, 0.717) is 6.42 Å². The van der Waals surface area contributed by atoms with Gasteiger partial charge in [-0.3, -0.25) is 0 Å². The van der Waals surface area contributed by atoms with E-state index in [0.717, 1.165) is 5.56 Å². The fourth-order valence-electron chi connectivity index (χ4n) is 1.42. The van der Waals surface area contributed by atoms with Crippen molar-refractivity contribution in [2.24, 2.45) is 5.73 Å². The highest BCUT2D eigenvalue weighted by Crippen LogP contribution is 2.06. The molecule has 3 N–H and O–H groups in total. The van der Waals surface area contributed by atoms with Gasteiger partial charge in [0.1, 0.15) is 11.6 Å². The molecular formula is C14H20N2O4. The Kier molecular flexibility index (Phi) is 5.52. The van der Waals surface area contributed by atoms with Crippen LogP contribution in [0.2, 0.25) is 0 Å². The Morgan fingerprint density at radius 2 is 1.85 bits per heavy atom. The number of carbonyl (C=O) groups excluding carboxylic acids is 2. The molecule has 1 rings (SSSR count). The van der Waals surface area contributed by atoms with E-state index in [-0.39, 0.29) is 0 Å². The van der Waals surface area contributed by atoms with E-state index in [1.54, 1.807) is 20.8 Å². The van der Waals surface area contributed by atoms with Crippen molar-refractivity contribution in [3.05, 3.63) is 35.9 Å². The van der Waals surface area contributed by atoms with Crippen LogP contribution in [0.4, 0.5) is 4.79 Å². The molecule has 0 spiro atoms. The summed E-state index contributed by atoms with van der Waals surface area (Å²) < 4.78 is 4.92. The molecule has 1 atom stereocenters. The maximum atomic E-state index is 11.6. The largest absolute Gasteiger partial charge is 0.442 e. The number of benzene rings is 1. The number of hydrogen-bond acceptors (Lipinski definition) is 5. The molecular weight excluding hydrogens is 260 g/mol. The number of ether oxygens (including phenoxy) is 1. The van der Waals surface area contributed by atoms with Gasteiger partial charge in [-0.25, -0.2) is 9.59 Å². The first-order valence-corrected chi connectivity index (χ1v) is 6.27. The van der Waals surface area contributed by atoms with Crippen molar-refractivity contribution in [3.8, 4) is 0 Å². The monoisotopic (exact) mass is 280 g/mol. The number of hydroxylamine groups is 1. The van der Waals surface area contributed by atoms with Gasteiger partial charge >= 0.3 is 12.1 Å². The normalized spacial score (nSPS) is 12.4. The van der Waals surface area contributed by atoms with Gasteiger partial charge < -0.3 is 15.3 Å². The fourth-order valence-corrected chi connectivity index (χ4v) is 1.42. The summed E-state index contributed by atoms with van der Waals surface area (Å²) in [6, 6.07) is 8.44.